The average molecular weight is 281 g/mol. The lowest BCUT2D eigenvalue weighted by Crippen LogP contribution is -2.26. The Morgan fingerprint density at radius 3 is 2.65 bits per heavy atom. The number of carbonyl (C=O) groups is 1. The summed E-state index contributed by atoms with van der Waals surface area (Å²) in [7, 11) is 0. The molecular weight excluding hydrogens is 262 g/mol. The molecule has 0 aromatic heterocycles. The largest absolute Gasteiger partial charge is 0.479 e. The molecule has 110 valence electrons. The number of benzene rings is 1. The van der Waals surface area contributed by atoms with Gasteiger partial charge in [-0.3, -0.25) is 10.1 Å². The third-order valence-electron chi connectivity index (χ3n) is 2.70. The molecule has 20 heavy (non-hydrogen) atoms. The van der Waals surface area contributed by atoms with Gasteiger partial charge in [0.2, 0.25) is 0 Å². The van der Waals surface area contributed by atoms with Crippen molar-refractivity contribution in [2.24, 2.45) is 0 Å². The van der Waals surface area contributed by atoms with Crippen molar-refractivity contribution < 1.29 is 19.2 Å². The predicted molar refractivity (Wildman–Crippen MR) is 73.8 cm³/mol. The summed E-state index contributed by atoms with van der Waals surface area (Å²) in [6.07, 6.45) is 0.629. The molecule has 1 atom stereocenters. The number of hydrogen-bond donors (Lipinski definition) is 0. The molecule has 0 amide bonds. The summed E-state index contributed by atoms with van der Waals surface area (Å²) in [6.45, 7) is 5.53. The Morgan fingerprint density at radius 2 is 2.10 bits per heavy atom. The quantitative estimate of drug-likeness (QED) is 0.436. The molecule has 1 aromatic rings. The van der Waals surface area contributed by atoms with Gasteiger partial charge in [-0.1, -0.05) is 13.3 Å². The topological polar surface area (TPSA) is 78.7 Å². The number of aryl methyl sites for hydroxylation is 1. The Balaban J connectivity index is 2.89. The van der Waals surface area contributed by atoms with Crippen molar-refractivity contribution in [3.63, 3.8) is 0 Å². The molecule has 0 saturated heterocycles. The van der Waals surface area contributed by atoms with Crippen molar-refractivity contribution in [1.82, 2.24) is 0 Å². The van der Waals surface area contributed by atoms with Crippen LogP contribution in [0, 0.1) is 10.1 Å². The van der Waals surface area contributed by atoms with Crippen LogP contribution in [0.4, 0.5) is 5.69 Å². The third kappa shape index (κ3) is 4.22. The number of nitro groups is 1. The van der Waals surface area contributed by atoms with E-state index in [-0.39, 0.29) is 12.3 Å². The number of carbonyl (C=O) groups excluding carboxylic acids is 1. The first-order chi connectivity index (χ1) is 9.49. The van der Waals surface area contributed by atoms with Crippen LogP contribution in [0.2, 0.25) is 0 Å². The lowest BCUT2D eigenvalue weighted by atomic mass is 10.1. The third-order valence-corrected chi connectivity index (χ3v) is 2.70. The van der Waals surface area contributed by atoms with Gasteiger partial charge in [0.05, 0.1) is 11.5 Å². The smallest absolute Gasteiger partial charge is 0.347 e. The Kier molecular flexibility index (Phi) is 5.96. The monoisotopic (exact) mass is 281 g/mol. The van der Waals surface area contributed by atoms with Gasteiger partial charge in [0.15, 0.2) is 6.10 Å². The second-order valence-electron chi connectivity index (χ2n) is 4.31. The first-order valence-electron chi connectivity index (χ1n) is 6.60. The number of nitrogens with zero attached hydrogens (tertiary/aromatic N) is 1. The highest BCUT2D eigenvalue weighted by Crippen LogP contribution is 2.26. The van der Waals surface area contributed by atoms with Crippen molar-refractivity contribution in [2.45, 2.75) is 39.7 Å². The molecule has 1 aromatic carbocycles. The van der Waals surface area contributed by atoms with Gasteiger partial charge < -0.3 is 9.47 Å². The molecule has 0 radical (unpaired) electrons. The van der Waals surface area contributed by atoms with E-state index in [0.717, 1.165) is 6.42 Å². The molecule has 1 rings (SSSR count). The van der Waals surface area contributed by atoms with Crippen LogP contribution >= 0.6 is 0 Å². The number of ether oxygens (including phenoxy) is 2. The molecule has 0 aliphatic carbocycles. The molecule has 0 saturated carbocycles. The van der Waals surface area contributed by atoms with E-state index in [2.05, 4.69) is 0 Å². The Bertz CT molecular complexity index is 486. The highest BCUT2D eigenvalue weighted by Gasteiger charge is 2.18. The minimum atomic E-state index is -0.745. The predicted octanol–water partition coefficient (Wildman–Crippen LogP) is 2.88. The van der Waals surface area contributed by atoms with Crippen LogP contribution in [0.15, 0.2) is 18.2 Å². The standard InChI is InChI=1S/C14H19NO5/c1-4-6-11-9-12(7-8-13(11)15(17)18)20-10(3)14(16)19-5-2/h7-10H,4-6H2,1-3H3/t10-/m1/s1. The fraction of sp³-hybridized carbons (Fsp3) is 0.500. The number of nitro benzene ring substituents is 1. The fourth-order valence-corrected chi connectivity index (χ4v) is 1.79. The highest BCUT2D eigenvalue weighted by molar-refractivity contribution is 5.74. The zero-order valence-electron chi connectivity index (χ0n) is 11.9. The van der Waals surface area contributed by atoms with Crippen LogP contribution in [0.5, 0.6) is 5.75 Å². The Labute approximate surface area is 117 Å². The lowest BCUT2D eigenvalue weighted by molar-refractivity contribution is -0.385. The van der Waals surface area contributed by atoms with Crippen LogP contribution in [0.25, 0.3) is 0 Å². The van der Waals surface area contributed by atoms with Gasteiger partial charge in [0, 0.05) is 11.6 Å². The Hall–Kier alpha value is -2.11. The maximum atomic E-state index is 11.5. The van der Waals surface area contributed by atoms with Gasteiger partial charge in [-0.15, -0.1) is 0 Å². The Morgan fingerprint density at radius 1 is 1.40 bits per heavy atom. The zero-order valence-corrected chi connectivity index (χ0v) is 11.9. The molecule has 0 N–H and O–H groups in total. The van der Waals surface area contributed by atoms with E-state index in [1.807, 2.05) is 6.92 Å². The second kappa shape index (κ2) is 7.47. The molecule has 0 aliphatic rings. The van der Waals surface area contributed by atoms with Crippen molar-refractivity contribution in [3.8, 4) is 5.75 Å². The van der Waals surface area contributed by atoms with Crippen LogP contribution < -0.4 is 4.74 Å². The number of esters is 1. The van der Waals surface area contributed by atoms with E-state index in [9.17, 15) is 14.9 Å². The van der Waals surface area contributed by atoms with Crippen LogP contribution in [0.1, 0.15) is 32.8 Å². The van der Waals surface area contributed by atoms with Crippen LogP contribution in [-0.4, -0.2) is 23.6 Å². The number of hydrogen-bond acceptors (Lipinski definition) is 5. The molecule has 0 heterocycles. The second-order valence-corrected chi connectivity index (χ2v) is 4.31. The average Bonchev–Trinajstić information content (AvgIpc) is 2.39. The SMILES string of the molecule is CCCc1cc(O[C@H](C)C(=O)OCC)ccc1[N+](=O)[O-]. The fourth-order valence-electron chi connectivity index (χ4n) is 1.79. The van der Waals surface area contributed by atoms with Gasteiger partial charge in [0.1, 0.15) is 5.75 Å². The van der Waals surface area contributed by atoms with Crippen molar-refractivity contribution >= 4 is 11.7 Å². The summed E-state index contributed by atoms with van der Waals surface area (Å²) in [4.78, 5) is 22.0. The molecule has 0 spiro atoms. The first-order valence-corrected chi connectivity index (χ1v) is 6.60. The van der Waals surface area contributed by atoms with Gasteiger partial charge >= 0.3 is 5.97 Å². The molecule has 6 nitrogen and oxygen atoms in total. The maximum Gasteiger partial charge on any atom is 0.347 e. The summed E-state index contributed by atoms with van der Waals surface area (Å²) < 4.78 is 10.3. The van der Waals surface area contributed by atoms with Crippen LogP contribution in [-0.2, 0) is 16.0 Å². The van der Waals surface area contributed by atoms with E-state index >= 15 is 0 Å². The first kappa shape index (κ1) is 15.9. The summed E-state index contributed by atoms with van der Waals surface area (Å²) in [5, 5.41) is 10.9. The molecule has 0 bridgehead atoms. The highest BCUT2D eigenvalue weighted by atomic mass is 16.6. The van der Waals surface area contributed by atoms with Gasteiger partial charge in [-0.2, -0.15) is 0 Å². The lowest BCUT2D eigenvalue weighted by Gasteiger charge is -2.14. The molecular formula is C14H19NO5. The van der Waals surface area contributed by atoms with Crippen molar-refractivity contribution in [2.75, 3.05) is 6.61 Å². The zero-order chi connectivity index (χ0) is 15.1. The van der Waals surface area contributed by atoms with E-state index in [1.165, 1.54) is 12.1 Å². The van der Waals surface area contributed by atoms with Gasteiger partial charge in [-0.25, -0.2) is 4.79 Å². The molecule has 6 heteroatoms. The summed E-state index contributed by atoms with van der Waals surface area (Å²) >= 11 is 0. The van der Waals surface area contributed by atoms with Crippen LogP contribution in [0.3, 0.4) is 0 Å². The van der Waals surface area contributed by atoms with E-state index in [1.54, 1.807) is 19.9 Å². The molecule has 0 fully saturated rings. The molecule has 0 aliphatic heterocycles. The normalized spacial score (nSPS) is 11.8. The van der Waals surface area contributed by atoms with Crippen molar-refractivity contribution in [1.29, 1.82) is 0 Å². The van der Waals surface area contributed by atoms with E-state index in [0.29, 0.717) is 17.7 Å². The summed E-state index contributed by atoms with van der Waals surface area (Å²) in [6, 6.07) is 4.50. The van der Waals surface area contributed by atoms with E-state index in [4.69, 9.17) is 9.47 Å². The summed E-state index contributed by atoms with van der Waals surface area (Å²) in [5.41, 5.74) is 0.675. The maximum absolute atomic E-state index is 11.5. The number of rotatable bonds is 7. The van der Waals surface area contributed by atoms with E-state index < -0.39 is 17.0 Å². The van der Waals surface area contributed by atoms with Gasteiger partial charge in [0.25, 0.3) is 5.69 Å². The summed E-state index contributed by atoms with van der Waals surface area (Å²) in [5.74, 6) is -0.0255. The van der Waals surface area contributed by atoms with Crippen molar-refractivity contribution in [3.05, 3.63) is 33.9 Å². The minimum absolute atomic E-state index is 0.0722. The van der Waals surface area contributed by atoms with Gasteiger partial charge in [-0.05, 0) is 32.4 Å². The minimum Gasteiger partial charge on any atom is -0.479 e. The molecule has 0 unspecified atom stereocenters.